The molecule has 3 aromatic rings. The summed E-state index contributed by atoms with van der Waals surface area (Å²) in [6.07, 6.45) is 6.79. The van der Waals surface area contributed by atoms with Crippen LogP contribution in [0, 0.1) is 0 Å². The van der Waals surface area contributed by atoms with Gasteiger partial charge in [-0.2, -0.15) is 5.10 Å². The molecule has 1 aliphatic rings. The lowest BCUT2D eigenvalue weighted by atomic mass is 9.99. The van der Waals surface area contributed by atoms with Gasteiger partial charge in [0.1, 0.15) is 17.8 Å². The molecule has 4 heterocycles. The molecule has 0 radical (unpaired) electrons. The van der Waals surface area contributed by atoms with Crippen molar-refractivity contribution in [2.24, 2.45) is 7.05 Å². The molecule has 154 valence electrons. The van der Waals surface area contributed by atoms with Gasteiger partial charge in [0.15, 0.2) is 5.65 Å². The third-order valence-corrected chi connectivity index (χ3v) is 5.72. The van der Waals surface area contributed by atoms with Gasteiger partial charge in [-0.05, 0) is 52.2 Å². The fourth-order valence-corrected chi connectivity index (χ4v) is 4.26. The zero-order valence-corrected chi connectivity index (χ0v) is 17.8. The second kappa shape index (κ2) is 7.17. The fraction of sp³-hybridized carbons (Fsp3) is 0.524. The van der Waals surface area contributed by atoms with Crippen LogP contribution in [0.4, 0.5) is 5.82 Å². The van der Waals surface area contributed by atoms with E-state index in [0.29, 0.717) is 5.69 Å². The molecule has 1 amide bonds. The fourth-order valence-electron chi connectivity index (χ4n) is 4.26. The maximum atomic E-state index is 12.2. The van der Waals surface area contributed by atoms with E-state index in [9.17, 15) is 4.79 Å². The molecule has 8 heteroatoms. The molecule has 1 N–H and O–H groups in total. The highest BCUT2D eigenvalue weighted by atomic mass is 16.1. The second-order valence-corrected chi connectivity index (χ2v) is 8.65. The van der Waals surface area contributed by atoms with Crippen LogP contribution in [0.5, 0.6) is 0 Å². The van der Waals surface area contributed by atoms with E-state index in [1.807, 2.05) is 28.6 Å². The zero-order valence-electron chi connectivity index (χ0n) is 17.8. The average Bonchev–Trinajstić information content (AvgIpc) is 3.31. The van der Waals surface area contributed by atoms with Gasteiger partial charge < -0.3 is 14.8 Å². The molecule has 4 rings (SSSR count). The Morgan fingerprint density at radius 1 is 1.21 bits per heavy atom. The molecule has 0 bridgehead atoms. The Hall–Kier alpha value is -2.90. The van der Waals surface area contributed by atoms with Gasteiger partial charge in [0.25, 0.3) is 5.91 Å². The van der Waals surface area contributed by atoms with Gasteiger partial charge in [0.2, 0.25) is 0 Å². The number of aromatic nitrogens is 5. The summed E-state index contributed by atoms with van der Waals surface area (Å²) in [4.78, 5) is 23.7. The number of carbonyl (C=O) groups is 1. The number of fused-ring (bicyclic) bond motifs is 1. The van der Waals surface area contributed by atoms with Crippen LogP contribution in [0.1, 0.15) is 62.3 Å². The van der Waals surface area contributed by atoms with E-state index in [4.69, 9.17) is 0 Å². The van der Waals surface area contributed by atoms with E-state index in [1.54, 1.807) is 13.4 Å². The summed E-state index contributed by atoms with van der Waals surface area (Å²) in [6, 6.07) is 4.11. The lowest BCUT2D eigenvalue weighted by Crippen LogP contribution is -2.35. The Morgan fingerprint density at radius 3 is 2.72 bits per heavy atom. The van der Waals surface area contributed by atoms with Crippen molar-refractivity contribution in [2.45, 2.75) is 51.6 Å². The zero-order chi connectivity index (χ0) is 20.8. The highest BCUT2D eigenvalue weighted by Crippen LogP contribution is 2.37. The lowest BCUT2D eigenvalue weighted by Gasteiger charge is -2.37. The first-order chi connectivity index (χ1) is 13.8. The SMILES string of the molecule is CNC(=O)c1ccc([C@@H]2CCCCN2c2ncnc3c2cnn3C(C)(C)C)n1C. The molecule has 1 aliphatic heterocycles. The minimum absolute atomic E-state index is 0.0722. The molecule has 0 spiro atoms. The van der Waals surface area contributed by atoms with Crippen LogP contribution in [0.15, 0.2) is 24.7 Å². The van der Waals surface area contributed by atoms with E-state index in [-0.39, 0.29) is 17.5 Å². The van der Waals surface area contributed by atoms with Crippen molar-refractivity contribution in [2.75, 3.05) is 18.5 Å². The smallest absolute Gasteiger partial charge is 0.267 e. The summed E-state index contributed by atoms with van der Waals surface area (Å²) >= 11 is 0. The molecular weight excluding hydrogens is 366 g/mol. The maximum absolute atomic E-state index is 12.2. The Kier molecular flexibility index (Phi) is 4.80. The van der Waals surface area contributed by atoms with Crippen molar-refractivity contribution < 1.29 is 4.79 Å². The predicted octanol–water partition coefficient (Wildman–Crippen LogP) is 3.01. The Labute approximate surface area is 170 Å². The number of rotatable bonds is 3. The summed E-state index contributed by atoms with van der Waals surface area (Å²) in [5.74, 6) is 0.842. The first-order valence-electron chi connectivity index (χ1n) is 10.2. The van der Waals surface area contributed by atoms with Gasteiger partial charge in [0.05, 0.1) is 23.2 Å². The molecule has 1 saturated heterocycles. The summed E-state index contributed by atoms with van der Waals surface area (Å²) in [5, 5.41) is 8.29. The molecule has 3 aromatic heterocycles. The number of carbonyl (C=O) groups excluding carboxylic acids is 1. The van der Waals surface area contributed by atoms with Gasteiger partial charge in [-0.3, -0.25) is 4.79 Å². The molecular formula is C21H29N7O. The van der Waals surface area contributed by atoms with E-state index < -0.39 is 0 Å². The van der Waals surface area contributed by atoms with Gasteiger partial charge in [-0.15, -0.1) is 0 Å². The average molecular weight is 396 g/mol. The van der Waals surface area contributed by atoms with Crippen LogP contribution in [0.25, 0.3) is 11.0 Å². The van der Waals surface area contributed by atoms with E-state index >= 15 is 0 Å². The Bertz CT molecular complexity index is 1040. The van der Waals surface area contributed by atoms with Crippen LogP contribution in [-0.2, 0) is 12.6 Å². The quantitative estimate of drug-likeness (QED) is 0.737. The van der Waals surface area contributed by atoms with Crippen LogP contribution < -0.4 is 10.2 Å². The van der Waals surface area contributed by atoms with Crippen molar-refractivity contribution in [3.05, 3.63) is 36.0 Å². The van der Waals surface area contributed by atoms with Crippen molar-refractivity contribution in [3.63, 3.8) is 0 Å². The summed E-state index contributed by atoms with van der Waals surface area (Å²) in [5.41, 5.74) is 2.49. The van der Waals surface area contributed by atoms with Gasteiger partial charge >= 0.3 is 0 Å². The summed E-state index contributed by atoms with van der Waals surface area (Å²) in [7, 11) is 3.62. The number of nitrogens with one attached hydrogen (secondary N) is 1. The largest absolute Gasteiger partial charge is 0.354 e. The minimum Gasteiger partial charge on any atom is -0.354 e. The maximum Gasteiger partial charge on any atom is 0.267 e. The third-order valence-electron chi connectivity index (χ3n) is 5.72. The Balaban J connectivity index is 1.79. The van der Waals surface area contributed by atoms with Crippen molar-refractivity contribution in [3.8, 4) is 0 Å². The van der Waals surface area contributed by atoms with Gasteiger partial charge in [0, 0.05) is 26.3 Å². The Morgan fingerprint density at radius 2 is 2.00 bits per heavy atom. The molecule has 29 heavy (non-hydrogen) atoms. The highest BCUT2D eigenvalue weighted by Gasteiger charge is 2.30. The topological polar surface area (TPSA) is 80.9 Å². The summed E-state index contributed by atoms with van der Waals surface area (Å²) in [6.45, 7) is 7.28. The molecule has 0 saturated carbocycles. The van der Waals surface area contributed by atoms with Crippen molar-refractivity contribution in [1.29, 1.82) is 0 Å². The van der Waals surface area contributed by atoms with E-state index in [1.165, 1.54) is 0 Å². The van der Waals surface area contributed by atoms with Crippen LogP contribution in [-0.4, -0.2) is 43.8 Å². The van der Waals surface area contributed by atoms with Crippen molar-refractivity contribution >= 4 is 22.8 Å². The number of amides is 1. The number of nitrogens with zero attached hydrogens (tertiary/aromatic N) is 6. The highest BCUT2D eigenvalue weighted by molar-refractivity contribution is 5.92. The predicted molar refractivity (Wildman–Crippen MR) is 113 cm³/mol. The third kappa shape index (κ3) is 3.26. The van der Waals surface area contributed by atoms with Gasteiger partial charge in [-0.1, -0.05) is 0 Å². The molecule has 8 nitrogen and oxygen atoms in total. The molecule has 0 unspecified atom stereocenters. The number of piperidine rings is 1. The standard InChI is InChI=1S/C21H29N7O/c1-21(2,3)28-19-14(12-25-28)18(23-13-24-19)27-11-7-6-8-16(27)15-9-10-17(26(15)5)20(29)22-4/h9-10,12-13,16H,6-8,11H2,1-5H3,(H,22,29)/t16-/m0/s1. The normalized spacial score (nSPS) is 17.7. The monoisotopic (exact) mass is 395 g/mol. The molecule has 1 atom stereocenters. The van der Waals surface area contributed by atoms with E-state index in [2.05, 4.69) is 52.1 Å². The molecule has 0 aliphatic carbocycles. The first kappa shape index (κ1) is 19.4. The number of hydrogen-bond donors (Lipinski definition) is 1. The van der Waals surface area contributed by atoms with E-state index in [0.717, 1.165) is 48.4 Å². The number of anilines is 1. The van der Waals surface area contributed by atoms with Crippen LogP contribution in [0.3, 0.4) is 0 Å². The first-order valence-corrected chi connectivity index (χ1v) is 10.2. The lowest BCUT2D eigenvalue weighted by molar-refractivity contribution is 0.0954. The minimum atomic E-state index is -0.158. The second-order valence-electron chi connectivity index (χ2n) is 8.65. The molecule has 1 fully saturated rings. The van der Waals surface area contributed by atoms with Crippen molar-refractivity contribution in [1.82, 2.24) is 29.6 Å². The van der Waals surface area contributed by atoms with Gasteiger partial charge in [-0.25, -0.2) is 14.6 Å². The molecule has 0 aromatic carbocycles. The number of hydrogen-bond acceptors (Lipinski definition) is 5. The van der Waals surface area contributed by atoms with Crippen LogP contribution >= 0.6 is 0 Å². The van der Waals surface area contributed by atoms with Crippen LogP contribution in [0.2, 0.25) is 0 Å². The summed E-state index contributed by atoms with van der Waals surface area (Å²) < 4.78 is 3.96.